The van der Waals surface area contributed by atoms with Gasteiger partial charge in [0.15, 0.2) is 11.6 Å². The van der Waals surface area contributed by atoms with Crippen molar-refractivity contribution in [1.29, 1.82) is 0 Å². The highest BCUT2D eigenvalue weighted by Gasteiger charge is 2.42. The number of amides is 1. The second-order valence-electron chi connectivity index (χ2n) is 6.76. The third kappa shape index (κ3) is 2.68. The number of ether oxygens (including phenoxy) is 1. The zero-order chi connectivity index (χ0) is 16.7. The van der Waals surface area contributed by atoms with E-state index in [1.165, 1.54) is 6.20 Å². The summed E-state index contributed by atoms with van der Waals surface area (Å²) in [4.78, 5) is 26.7. The van der Waals surface area contributed by atoms with Gasteiger partial charge in [-0.25, -0.2) is 9.37 Å². The molecule has 0 bridgehead atoms. The molecule has 24 heavy (non-hydrogen) atoms. The lowest BCUT2D eigenvalue weighted by Gasteiger charge is -2.30. The smallest absolute Gasteiger partial charge is 0.227 e. The molecule has 4 rings (SSSR count). The summed E-state index contributed by atoms with van der Waals surface area (Å²) in [5.41, 5.74) is 0. The van der Waals surface area contributed by atoms with E-state index in [0.717, 1.165) is 19.5 Å². The molecule has 0 aromatic carbocycles. The van der Waals surface area contributed by atoms with E-state index in [4.69, 9.17) is 4.74 Å². The topological polar surface area (TPSA) is 61.8 Å². The van der Waals surface area contributed by atoms with Gasteiger partial charge >= 0.3 is 0 Å². The van der Waals surface area contributed by atoms with Crippen LogP contribution in [0, 0.1) is 17.7 Å². The highest BCUT2D eigenvalue weighted by molar-refractivity contribution is 5.81. The van der Waals surface area contributed by atoms with E-state index in [1.54, 1.807) is 4.90 Å². The molecule has 1 aromatic rings. The number of hydrogen-bond acceptors (Lipinski definition) is 6. The Bertz CT molecular complexity index is 637. The van der Waals surface area contributed by atoms with E-state index in [1.807, 2.05) is 16.8 Å². The fraction of sp³-hybridized carbons (Fsp3) is 0.688. The van der Waals surface area contributed by atoms with Crippen LogP contribution in [-0.4, -0.2) is 73.8 Å². The number of halogens is 1. The lowest BCUT2D eigenvalue weighted by molar-refractivity contribution is -0.137. The van der Waals surface area contributed by atoms with E-state index >= 15 is 0 Å². The maximum absolute atomic E-state index is 14.2. The molecule has 8 heteroatoms. The minimum atomic E-state index is -0.409. The number of nitrogens with zero attached hydrogens (tertiary/aromatic N) is 5. The fourth-order valence-electron chi connectivity index (χ4n) is 3.86. The van der Waals surface area contributed by atoms with Gasteiger partial charge in [0.05, 0.1) is 25.3 Å². The van der Waals surface area contributed by atoms with Crippen LogP contribution in [0.4, 0.5) is 16.2 Å². The third-order valence-corrected chi connectivity index (χ3v) is 5.28. The average molecular weight is 335 g/mol. The number of likely N-dealkylation sites (tertiary alicyclic amines) is 1. The van der Waals surface area contributed by atoms with Gasteiger partial charge in [0.25, 0.3) is 0 Å². The van der Waals surface area contributed by atoms with Gasteiger partial charge in [0.2, 0.25) is 11.9 Å². The van der Waals surface area contributed by atoms with Gasteiger partial charge in [-0.15, -0.1) is 0 Å². The van der Waals surface area contributed by atoms with Gasteiger partial charge in [-0.2, -0.15) is 4.98 Å². The molecule has 0 spiro atoms. The quantitative estimate of drug-likeness (QED) is 0.778. The Kier molecular flexibility index (Phi) is 3.99. The molecule has 1 aromatic heterocycles. The highest BCUT2D eigenvalue weighted by atomic mass is 19.1. The monoisotopic (exact) mass is 335 g/mol. The van der Waals surface area contributed by atoms with Crippen molar-refractivity contribution in [2.75, 3.05) is 62.8 Å². The molecule has 1 amide bonds. The summed E-state index contributed by atoms with van der Waals surface area (Å²) in [6.45, 7) is 4.59. The summed E-state index contributed by atoms with van der Waals surface area (Å²) >= 11 is 0. The first kappa shape index (κ1) is 15.6. The summed E-state index contributed by atoms with van der Waals surface area (Å²) < 4.78 is 19.5. The number of aromatic nitrogens is 2. The Labute approximate surface area is 140 Å². The average Bonchev–Trinajstić information content (AvgIpc) is 3.04. The molecule has 4 heterocycles. The Balaban J connectivity index is 1.55. The lowest BCUT2D eigenvalue weighted by atomic mass is 9.88. The molecule has 3 fully saturated rings. The van der Waals surface area contributed by atoms with Crippen LogP contribution in [0.3, 0.4) is 0 Å². The predicted octanol–water partition coefficient (Wildman–Crippen LogP) is 0.367. The molecule has 0 aliphatic carbocycles. The van der Waals surface area contributed by atoms with Crippen LogP contribution < -0.4 is 9.80 Å². The van der Waals surface area contributed by atoms with Crippen LogP contribution in [0.5, 0.6) is 0 Å². The zero-order valence-electron chi connectivity index (χ0n) is 13.8. The molecule has 0 N–H and O–H groups in total. The molecular weight excluding hydrogens is 313 g/mol. The Morgan fingerprint density at radius 1 is 1.21 bits per heavy atom. The summed E-state index contributed by atoms with van der Waals surface area (Å²) in [5.74, 6) is 0.986. The lowest BCUT2D eigenvalue weighted by Crippen LogP contribution is -2.42. The van der Waals surface area contributed by atoms with Crippen LogP contribution >= 0.6 is 0 Å². The number of hydrogen-bond donors (Lipinski definition) is 0. The van der Waals surface area contributed by atoms with E-state index in [0.29, 0.717) is 50.5 Å². The molecule has 7 nitrogen and oxygen atoms in total. The van der Waals surface area contributed by atoms with Crippen molar-refractivity contribution in [3.63, 3.8) is 0 Å². The standard InChI is InChI=1S/C16H22FN5O2/c1-20-3-2-11-9-22(10-12(11)15(20)23)16-18-8-13(17)14(19-16)21-4-6-24-7-5-21/h8,11-12H,2-7,9-10H2,1H3/t11-,12+/m1/s1. The van der Waals surface area contributed by atoms with E-state index < -0.39 is 5.82 Å². The molecule has 130 valence electrons. The van der Waals surface area contributed by atoms with Crippen molar-refractivity contribution in [2.24, 2.45) is 11.8 Å². The van der Waals surface area contributed by atoms with Gasteiger partial charge in [0.1, 0.15) is 0 Å². The van der Waals surface area contributed by atoms with Crippen LogP contribution in [-0.2, 0) is 9.53 Å². The fourth-order valence-corrected chi connectivity index (χ4v) is 3.86. The van der Waals surface area contributed by atoms with Crippen molar-refractivity contribution in [3.05, 3.63) is 12.0 Å². The number of carbonyl (C=O) groups is 1. The van der Waals surface area contributed by atoms with E-state index in [-0.39, 0.29) is 11.8 Å². The van der Waals surface area contributed by atoms with E-state index in [9.17, 15) is 9.18 Å². The van der Waals surface area contributed by atoms with Crippen LogP contribution in [0.2, 0.25) is 0 Å². The van der Waals surface area contributed by atoms with Crippen LogP contribution in [0.15, 0.2) is 6.20 Å². The molecule has 3 aliphatic rings. The van der Waals surface area contributed by atoms with E-state index in [2.05, 4.69) is 9.97 Å². The first-order chi connectivity index (χ1) is 11.6. The first-order valence-corrected chi connectivity index (χ1v) is 8.48. The maximum Gasteiger partial charge on any atom is 0.227 e. The molecule has 2 atom stereocenters. The van der Waals surface area contributed by atoms with Gasteiger partial charge in [-0.05, 0) is 12.3 Å². The minimum absolute atomic E-state index is 0.00393. The van der Waals surface area contributed by atoms with Crippen molar-refractivity contribution in [2.45, 2.75) is 6.42 Å². The molecular formula is C16H22FN5O2. The number of rotatable bonds is 2. The summed E-state index contributed by atoms with van der Waals surface area (Å²) in [6, 6.07) is 0. The Morgan fingerprint density at radius 2 is 2.00 bits per heavy atom. The van der Waals surface area contributed by atoms with Crippen molar-refractivity contribution < 1.29 is 13.9 Å². The molecule has 3 saturated heterocycles. The largest absolute Gasteiger partial charge is 0.378 e. The second kappa shape index (κ2) is 6.16. The van der Waals surface area contributed by atoms with Crippen LogP contribution in [0.25, 0.3) is 0 Å². The number of piperidine rings is 1. The van der Waals surface area contributed by atoms with Crippen molar-refractivity contribution >= 4 is 17.7 Å². The maximum atomic E-state index is 14.2. The molecule has 3 aliphatic heterocycles. The van der Waals surface area contributed by atoms with Crippen LogP contribution in [0.1, 0.15) is 6.42 Å². The van der Waals surface area contributed by atoms with Gasteiger partial charge < -0.3 is 19.4 Å². The van der Waals surface area contributed by atoms with Crippen molar-refractivity contribution in [3.8, 4) is 0 Å². The second-order valence-corrected chi connectivity index (χ2v) is 6.76. The normalized spacial score (nSPS) is 27.6. The molecule has 0 saturated carbocycles. The summed E-state index contributed by atoms with van der Waals surface area (Å²) in [5, 5.41) is 0. The third-order valence-electron chi connectivity index (χ3n) is 5.28. The SMILES string of the molecule is CN1CC[C@@H]2CN(c3ncc(F)c(N4CCOCC4)n3)C[C@@H]2C1=O. The summed E-state index contributed by atoms with van der Waals surface area (Å²) in [7, 11) is 1.85. The Hall–Kier alpha value is -1.96. The summed E-state index contributed by atoms with van der Waals surface area (Å²) in [6.07, 6.45) is 2.24. The highest BCUT2D eigenvalue weighted by Crippen LogP contribution is 2.33. The van der Waals surface area contributed by atoms with Gasteiger partial charge in [0, 0.05) is 39.8 Å². The zero-order valence-corrected chi connectivity index (χ0v) is 13.8. The predicted molar refractivity (Wildman–Crippen MR) is 86.5 cm³/mol. The number of morpholine rings is 1. The Morgan fingerprint density at radius 3 is 2.79 bits per heavy atom. The molecule has 0 unspecified atom stereocenters. The number of anilines is 2. The number of fused-ring (bicyclic) bond motifs is 1. The minimum Gasteiger partial charge on any atom is -0.378 e. The van der Waals surface area contributed by atoms with Crippen molar-refractivity contribution in [1.82, 2.24) is 14.9 Å². The first-order valence-electron chi connectivity index (χ1n) is 8.48. The number of carbonyl (C=O) groups excluding carboxylic acids is 1. The van der Waals surface area contributed by atoms with Gasteiger partial charge in [-0.3, -0.25) is 4.79 Å². The molecule has 0 radical (unpaired) electrons. The van der Waals surface area contributed by atoms with Gasteiger partial charge in [-0.1, -0.05) is 0 Å².